The van der Waals surface area contributed by atoms with Gasteiger partial charge in [-0.3, -0.25) is 0 Å². The van der Waals surface area contributed by atoms with Crippen molar-refractivity contribution in [3.8, 4) is 11.5 Å². The molecule has 0 aliphatic rings. The van der Waals surface area contributed by atoms with Gasteiger partial charge in [-0.2, -0.15) is 4.98 Å². The fraction of sp³-hybridized carbons (Fsp3) is 0.190. The molecule has 0 spiro atoms. The van der Waals surface area contributed by atoms with Crippen LogP contribution >= 0.6 is 23.2 Å². The van der Waals surface area contributed by atoms with Gasteiger partial charge < -0.3 is 25.2 Å². The van der Waals surface area contributed by atoms with Gasteiger partial charge in [0.1, 0.15) is 22.9 Å². The molecule has 31 heavy (non-hydrogen) atoms. The zero-order valence-corrected chi connectivity index (χ0v) is 18.3. The van der Waals surface area contributed by atoms with Crippen LogP contribution in [0.4, 0.5) is 11.8 Å². The van der Waals surface area contributed by atoms with Gasteiger partial charge in [-0.25, -0.2) is 9.78 Å². The summed E-state index contributed by atoms with van der Waals surface area (Å²) in [6, 6.07) is 10.7. The highest BCUT2D eigenvalue weighted by molar-refractivity contribution is 6.32. The molecule has 0 atom stereocenters. The smallest absolute Gasteiger partial charge is 0.341 e. The molecule has 0 saturated carbocycles. The number of carbonyl (C=O) groups is 1. The number of hydrogen-bond acceptors (Lipinski definition) is 7. The van der Waals surface area contributed by atoms with Crippen molar-refractivity contribution < 1.29 is 19.4 Å². The molecule has 0 bridgehead atoms. The normalized spacial score (nSPS) is 10.5. The summed E-state index contributed by atoms with van der Waals surface area (Å²) in [6.07, 6.45) is 1.25. The van der Waals surface area contributed by atoms with Crippen LogP contribution in [0.3, 0.4) is 0 Å². The van der Waals surface area contributed by atoms with Crippen molar-refractivity contribution in [2.75, 3.05) is 24.9 Å². The molecule has 3 rings (SSSR count). The summed E-state index contributed by atoms with van der Waals surface area (Å²) in [6.45, 7) is 0.707. The first kappa shape index (κ1) is 22.5. The third kappa shape index (κ3) is 5.68. The van der Waals surface area contributed by atoms with E-state index in [0.29, 0.717) is 34.6 Å². The molecule has 0 aliphatic heterocycles. The zero-order chi connectivity index (χ0) is 22.4. The number of ether oxygens (including phenoxy) is 2. The predicted octanol–water partition coefficient (Wildman–Crippen LogP) is 4.72. The van der Waals surface area contributed by atoms with Gasteiger partial charge in [0, 0.05) is 19.3 Å². The second-order valence-electron chi connectivity index (χ2n) is 6.41. The third-order valence-electron chi connectivity index (χ3n) is 4.36. The Morgan fingerprint density at radius 3 is 2.00 bits per heavy atom. The number of nitrogens with one attached hydrogen (secondary N) is 2. The zero-order valence-electron chi connectivity index (χ0n) is 16.8. The Hall–Kier alpha value is -3.23. The summed E-state index contributed by atoms with van der Waals surface area (Å²) >= 11 is 12.3. The second-order valence-corrected chi connectivity index (χ2v) is 7.22. The van der Waals surface area contributed by atoms with E-state index in [9.17, 15) is 9.90 Å². The van der Waals surface area contributed by atoms with E-state index in [-0.39, 0.29) is 17.3 Å². The van der Waals surface area contributed by atoms with Gasteiger partial charge in [0.15, 0.2) is 0 Å². The number of methoxy groups -OCH3 is 2. The van der Waals surface area contributed by atoms with Gasteiger partial charge in [0.2, 0.25) is 5.95 Å². The van der Waals surface area contributed by atoms with Crippen LogP contribution in [0, 0.1) is 0 Å². The van der Waals surface area contributed by atoms with Crippen LogP contribution in [-0.4, -0.2) is 35.3 Å². The number of carboxylic acids is 1. The lowest BCUT2D eigenvalue weighted by Crippen LogP contribution is -2.12. The van der Waals surface area contributed by atoms with Gasteiger partial charge in [-0.1, -0.05) is 35.3 Å². The number of aromatic carboxylic acids is 1. The Balaban J connectivity index is 1.73. The van der Waals surface area contributed by atoms with Gasteiger partial charge in [0.25, 0.3) is 0 Å². The van der Waals surface area contributed by atoms with E-state index in [0.717, 1.165) is 11.1 Å². The molecule has 0 saturated heterocycles. The maximum Gasteiger partial charge on any atom is 0.341 e. The number of benzene rings is 2. The molecule has 0 unspecified atom stereocenters. The molecule has 3 N–H and O–H groups in total. The Kier molecular flexibility index (Phi) is 7.38. The number of anilines is 2. The van der Waals surface area contributed by atoms with E-state index in [1.165, 1.54) is 13.3 Å². The van der Waals surface area contributed by atoms with Gasteiger partial charge in [0.05, 0.1) is 24.3 Å². The van der Waals surface area contributed by atoms with E-state index >= 15 is 0 Å². The van der Waals surface area contributed by atoms with Crippen LogP contribution in [0.25, 0.3) is 0 Å². The molecule has 8 nitrogen and oxygen atoms in total. The van der Waals surface area contributed by atoms with Crippen molar-refractivity contribution >= 4 is 40.9 Å². The summed E-state index contributed by atoms with van der Waals surface area (Å²) in [5.41, 5.74) is 1.68. The largest absolute Gasteiger partial charge is 0.495 e. The average molecular weight is 463 g/mol. The fourth-order valence-corrected chi connectivity index (χ4v) is 3.33. The number of hydrogen-bond donors (Lipinski definition) is 3. The number of aromatic nitrogens is 2. The molecule has 3 aromatic rings. The van der Waals surface area contributed by atoms with Crippen LogP contribution in [0.15, 0.2) is 42.6 Å². The van der Waals surface area contributed by atoms with Crippen molar-refractivity contribution in [3.63, 3.8) is 0 Å². The van der Waals surface area contributed by atoms with Crippen LogP contribution in [0.5, 0.6) is 11.5 Å². The van der Waals surface area contributed by atoms with E-state index in [1.54, 1.807) is 31.4 Å². The number of halogens is 2. The Labute approximate surface area is 189 Å². The summed E-state index contributed by atoms with van der Waals surface area (Å²) in [5.74, 6) is 0.460. The van der Waals surface area contributed by atoms with Crippen molar-refractivity contribution in [1.29, 1.82) is 0 Å². The topological polar surface area (TPSA) is 106 Å². The quantitative estimate of drug-likeness (QED) is 0.419. The first-order valence-electron chi connectivity index (χ1n) is 9.14. The molecule has 0 radical (unpaired) electrons. The highest BCUT2D eigenvalue weighted by Crippen LogP contribution is 2.26. The van der Waals surface area contributed by atoms with Gasteiger partial charge in [-0.05, 0) is 35.4 Å². The van der Waals surface area contributed by atoms with Crippen LogP contribution in [-0.2, 0) is 13.1 Å². The highest BCUT2D eigenvalue weighted by Gasteiger charge is 2.14. The number of nitrogens with zero attached hydrogens (tertiary/aromatic N) is 2. The molecule has 162 valence electrons. The second kappa shape index (κ2) is 10.2. The number of carboxylic acid groups (broad SMARTS) is 1. The van der Waals surface area contributed by atoms with Gasteiger partial charge in [-0.15, -0.1) is 0 Å². The average Bonchev–Trinajstić information content (AvgIpc) is 2.76. The molecule has 2 aromatic carbocycles. The molecule has 1 heterocycles. The van der Waals surface area contributed by atoms with Crippen molar-refractivity contribution in [2.45, 2.75) is 13.1 Å². The third-order valence-corrected chi connectivity index (χ3v) is 4.95. The summed E-state index contributed by atoms with van der Waals surface area (Å²) in [7, 11) is 3.08. The molecule has 0 amide bonds. The van der Waals surface area contributed by atoms with Crippen LogP contribution in [0.2, 0.25) is 10.0 Å². The standard InChI is InChI=1S/C21H20Cl2N4O4/c1-30-17-5-3-12(7-15(17)22)9-24-19-14(20(28)29)11-26-21(27-19)25-10-13-4-6-18(31-2)16(23)8-13/h3-8,11H,9-10H2,1-2H3,(H,28,29)(H2,24,25,26,27). The van der Waals surface area contributed by atoms with Crippen LogP contribution in [0.1, 0.15) is 21.5 Å². The van der Waals surface area contributed by atoms with E-state index in [4.69, 9.17) is 32.7 Å². The molecular weight excluding hydrogens is 443 g/mol. The Morgan fingerprint density at radius 1 is 0.968 bits per heavy atom. The fourth-order valence-electron chi connectivity index (χ4n) is 2.76. The lowest BCUT2D eigenvalue weighted by atomic mass is 10.2. The SMILES string of the molecule is COc1ccc(CNc2ncc(C(=O)O)c(NCc3ccc(OC)c(Cl)c3)n2)cc1Cl. The minimum atomic E-state index is -1.14. The Bertz CT molecular complexity index is 1090. The highest BCUT2D eigenvalue weighted by atomic mass is 35.5. The first-order chi connectivity index (χ1) is 14.9. The molecule has 0 fully saturated rings. The summed E-state index contributed by atoms with van der Waals surface area (Å²) < 4.78 is 10.3. The maximum absolute atomic E-state index is 11.6. The van der Waals surface area contributed by atoms with Crippen molar-refractivity contribution in [3.05, 3.63) is 69.3 Å². The maximum atomic E-state index is 11.6. The number of rotatable bonds is 9. The van der Waals surface area contributed by atoms with Crippen LogP contribution < -0.4 is 20.1 Å². The minimum absolute atomic E-state index is 0.0438. The molecule has 10 heteroatoms. The molecular formula is C21H20Cl2N4O4. The van der Waals surface area contributed by atoms with E-state index in [1.807, 2.05) is 12.1 Å². The van der Waals surface area contributed by atoms with Crippen molar-refractivity contribution in [2.24, 2.45) is 0 Å². The van der Waals surface area contributed by atoms with Crippen molar-refractivity contribution in [1.82, 2.24) is 9.97 Å². The molecule has 0 aliphatic carbocycles. The first-order valence-corrected chi connectivity index (χ1v) is 9.89. The lowest BCUT2D eigenvalue weighted by Gasteiger charge is -2.12. The predicted molar refractivity (Wildman–Crippen MR) is 120 cm³/mol. The minimum Gasteiger partial charge on any atom is -0.495 e. The Morgan fingerprint density at radius 2 is 1.52 bits per heavy atom. The summed E-state index contributed by atoms with van der Waals surface area (Å²) in [4.78, 5) is 19.9. The molecule has 1 aromatic heterocycles. The van der Waals surface area contributed by atoms with Gasteiger partial charge >= 0.3 is 5.97 Å². The van der Waals surface area contributed by atoms with E-state index < -0.39 is 5.97 Å². The monoisotopic (exact) mass is 462 g/mol. The lowest BCUT2D eigenvalue weighted by molar-refractivity contribution is 0.0697. The van der Waals surface area contributed by atoms with E-state index in [2.05, 4.69) is 20.6 Å². The summed E-state index contributed by atoms with van der Waals surface area (Å²) in [5, 5.41) is 16.5.